The second kappa shape index (κ2) is 9.99. The SMILES string of the molecule is Cc1cccc(N2CCN(C(=O)CN(C)CCOc3ccc(Cl)cc3)CC2)c1C. The Morgan fingerprint density at radius 1 is 1.07 bits per heavy atom. The van der Waals surface area contributed by atoms with Crippen LogP contribution in [0, 0.1) is 13.8 Å². The maximum atomic E-state index is 12.7. The van der Waals surface area contributed by atoms with E-state index in [0.29, 0.717) is 24.7 Å². The van der Waals surface area contributed by atoms with E-state index in [-0.39, 0.29) is 5.91 Å². The van der Waals surface area contributed by atoms with Crippen molar-refractivity contribution in [1.82, 2.24) is 9.80 Å². The third-order valence-corrected chi connectivity index (χ3v) is 5.76. The maximum Gasteiger partial charge on any atom is 0.236 e. The van der Waals surface area contributed by atoms with E-state index in [1.54, 1.807) is 0 Å². The summed E-state index contributed by atoms with van der Waals surface area (Å²) < 4.78 is 5.71. The van der Waals surface area contributed by atoms with Gasteiger partial charge in [-0.05, 0) is 62.4 Å². The zero-order valence-corrected chi connectivity index (χ0v) is 18.3. The number of halogens is 1. The Labute approximate surface area is 178 Å². The maximum absolute atomic E-state index is 12.7. The Morgan fingerprint density at radius 2 is 1.76 bits per heavy atom. The average molecular weight is 416 g/mol. The van der Waals surface area contributed by atoms with Crippen LogP contribution in [0.5, 0.6) is 5.75 Å². The Balaban J connectivity index is 1.41. The van der Waals surface area contributed by atoms with E-state index < -0.39 is 0 Å². The molecule has 1 aliphatic rings. The van der Waals surface area contributed by atoms with Crippen molar-refractivity contribution in [1.29, 1.82) is 0 Å². The minimum Gasteiger partial charge on any atom is -0.492 e. The van der Waals surface area contributed by atoms with E-state index in [1.807, 2.05) is 41.1 Å². The highest BCUT2D eigenvalue weighted by molar-refractivity contribution is 6.30. The van der Waals surface area contributed by atoms with E-state index >= 15 is 0 Å². The van der Waals surface area contributed by atoms with Gasteiger partial charge in [0.25, 0.3) is 0 Å². The first kappa shape index (κ1) is 21.5. The van der Waals surface area contributed by atoms with Crippen LogP contribution in [0.2, 0.25) is 5.02 Å². The van der Waals surface area contributed by atoms with E-state index in [4.69, 9.17) is 16.3 Å². The smallest absolute Gasteiger partial charge is 0.236 e. The summed E-state index contributed by atoms with van der Waals surface area (Å²) in [5, 5.41) is 0.692. The van der Waals surface area contributed by atoms with Crippen molar-refractivity contribution < 1.29 is 9.53 Å². The lowest BCUT2D eigenvalue weighted by atomic mass is 10.1. The highest BCUT2D eigenvalue weighted by Crippen LogP contribution is 2.24. The highest BCUT2D eigenvalue weighted by Gasteiger charge is 2.23. The molecule has 2 aromatic rings. The number of benzene rings is 2. The predicted molar refractivity (Wildman–Crippen MR) is 119 cm³/mol. The molecule has 0 radical (unpaired) electrons. The summed E-state index contributed by atoms with van der Waals surface area (Å²) in [5.74, 6) is 0.969. The lowest BCUT2D eigenvalue weighted by molar-refractivity contribution is -0.132. The fourth-order valence-corrected chi connectivity index (χ4v) is 3.66. The number of piperazine rings is 1. The summed E-state index contributed by atoms with van der Waals surface area (Å²) in [4.78, 5) is 19.0. The molecule has 1 amide bonds. The summed E-state index contributed by atoms with van der Waals surface area (Å²) in [6.45, 7) is 9.23. The fourth-order valence-electron chi connectivity index (χ4n) is 3.54. The van der Waals surface area contributed by atoms with Crippen LogP contribution in [0.15, 0.2) is 42.5 Å². The molecule has 0 aliphatic carbocycles. The van der Waals surface area contributed by atoms with Crippen LogP contribution < -0.4 is 9.64 Å². The molecule has 2 aromatic carbocycles. The van der Waals surface area contributed by atoms with Crippen LogP contribution in [-0.2, 0) is 4.79 Å². The first-order valence-corrected chi connectivity index (χ1v) is 10.5. The van der Waals surface area contributed by atoms with Crippen molar-refractivity contribution in [2.24, 2.45) is 0 Å². The van der Waals surface area contributed by atoms with E-state index in [0.717, 1.165) is 31.9 Å². The molecule has 1 heterocycles. The van der Waals surface area contributed by atoms with Gasteiger partial charge in [-0.15, -0.1) is 0 Å². The molecule has 0 atom stereocenters. The van der Waals surface area contributed by atoms with Crippen molar-refractivity contribution >= 4 is 23.2 Å². The summed E-state index contributed by atoms with van der Waals surface area (Å²) in [6.07, 6.45) is 0. The quantitative estimate of drug-likeness (QED) is 0.692. The van der Waals surface area contributed by atoms with Gasteiger partial charge in [-0.1, -0.05) is 23.7 Å². The Hall–Kier alpha value is -2.24. The Bertz CT molecular complexity index is 817. The molecule has 3 rings (SSSR count). The molecule has 29 heavy (non-hydrogen) atoms. The number of likely N-dealkylation sites (N-methyl/N-ethyl adjacent to an activating group) is 1. The molecular weight excluding hydrogens is 386 g/mol. The van der Waals surface area contributed by atoms with E-state index in [9.17, 15) is 4.79 Å². The monoisotopic (exact) mass is 415 g/mol. The second-order valence-electron chi connectivity index (χ2n) is 7.63. The standard InChI is InChI=1S/C23H30ClN3O2/c1-18-5-4-6-22(19(18)2)26-11-13-27(14-12-26)23(28)17-25(3)15-16-29-21-9-7-20(24)8-10-21/h4-10H,11-17H2,1-3H3. The minimum atomic E-state index is 0.180. The van der Waals surface area contributed by atoms with Crippen molar-refractivity contribution in [3.05, 3.63) is 58.6 Å². The van der Waals surface area contributed by atoms with Gasteiger partial charge in [-0.2, -0.15) is 0 Å². The molecule has 6 heteroatoms. The van der Waals surface area contributed by atoms with Crippen molar-refractivity contribution in [2.75, 3.05) is 57.8 Å². The van der Waals surface area contributed by atoms with Gasteiger partial charge in [-0.3, -0.25) is 9.69 Å². The second-order valence-corrected chi connectivity index (χ2v) is 8.06. The molecule has 0 bridgehead atoms. The molecule has 1 fully saturated rings. The van der Waals surface area contributed by atoms with Crippen molar-refractivity contribution in [3.63, 3.8) is 0 Å². The molecule has 0 unspecified atom stereocenters. The Kier molecular flexibility index (Phi) is 7.40. The third-order valence-electron chi connectivity index (χ3n) is 5.51. The number of hydrogen-bond donors (Lipinski definition) is 0. The van der Waals surface area contributed by atoms with Crippen LogP contribution >= 0.6 is 11.6 Å². The molecule has 0 saturated carbocycles. The molecule has 156 valence electrons. The lowest BCUT2D eigenvalue weighted by Crippen LogP contribution is -2.51. The molecule has 0 spiro atoms. The van der Waals surface area contributed by atoms with Gasteiger partial charge in [0, 0.05) is 43.4 Å². The van der Waals surface area contributed by atoms with Gasteiger partial charge >= 0.3 is 0 Å². The number of ether oxygens (including phenoxy) is 1. The number of anilines is 1. The lowest BCUT2D eigenvalue weighted by Gasteiger charge is -2.37. The molecular formula is C23H30ClN3O2. The summed E-state index contributed by atoms with van der Waals surface area (Å²) in [5.41, 5.74) is 3.92. The Morgan fingerprint density at radius 3 is 2.45 bits per heavy atom. The van der Waals surface area contributed by atoms with E-state index in [1.165, 1.54) is 16.8 Å². The van der Waals surface area contributed by atoms with Crippen LogP contribution in [0.1, 0.15) is 11.1 Å². The predicted octanol–water partition coefficient (Wildman–Crippen LogP) is 3.62. The van der Waals surface area contributed by atoms with Gasteiger partial charge in [-0.25, -0.2) is 0 Å². The van der Waals surface area contributed by atoms with Gasteiger partial charge in [0.05, 0.1) is 6.54 Å². The molecule has 5 nitrogen and oxygen atoms in total. The molecule has 0 N–H and O–H groups in total. The topological polar surface area (TPSA) is 36.0 Å². The zero-order chi connectivity index (χ0) is 20.8. The average Bonchev–Trinajstić information content (AvgIpc) is 2.71. The first-order valence-electron chi connectivity index (χ1n) is 10.1. The number of nitrogens with zero attached hydrogens (tertiary/aromatic N) is 3. The van der Waals surface area contributed by atoms with Gasteiger partial charge < -0.3 is 14.5 Å². The largest absolute Gasteiger partial charge is 0.492 e. The van der Waals surface area contributed by atoms with Crippen LogP contribution in [0.4, 0.5) is 5.69 Å². The summed E-state index contributed by atoms with van der Waals surface area (Å²) in [6, 6.07) is 13.7. The van der Waals surface area contributed by atoms with Crippen LogP contribution in [-0.4, -0.2) is 68.6 Å². The summed E-state index contributed by atoms with van der Waals surface area (Å²) in [7, 11) is 1.95. The first-order chi connectivity index (χ1) is 13.9. The highest BCUT2D eigenvalue weighted by atomic mass is 35.5. The van der Waals surface area contributed by atoms with E-state index in [2.05, 4.69) is 36.9 Å². The number of amides is 1. The van der Waals surface area contributed by atoms with Crippen LogP contribution in [0.25, 0.3) is 0 Å². The summed E-state index contributed by atoms with van der Waals surface area (Å²) >= 11 is 5.88. The van der Waals surface area contributed by atoms with Gasteiger partial charge in [0.15, 0.2) is 0 Å². The number of carbonyl (C=O) groups is 1. The van der Waals surface area contributed by atoms with Gasteiger partial charge in [0.1, 0.15) is 12.4 Å². The van der Waals surface area contributed by atoms with Crippen molar-refractivity contribution in [3.8, 4) is 5.75 Å². The normalized spacial score (nSPS) is 14.4. The van der Waals surface area contributed by atoms with Crippen LogP contribution in [0.3, 0.4) is 0 Å². The molecule has 0 aromatic heterocycles. The number of hydrogen-bond acceptors (Lipinski definition) is 4. The fraction of sp³-hybridized carbons (Fsp3) is 0.435. The molecule has 1 saturated heterocycles. The van der Waals surface area contributed by atoms with Gasteiger partial charge in [0.2, 0.25) is 5.91 Å². The third kappa shape index (κ3) is 5.87. The minimum absolute atomic E-state index is 0.180. The molecule has 1 aliphatic heterocycles. The zero-order valence-electron chi connectivity index (χ0n) is 17.5. The number of carbonyl (C=O) groups excluding carboxylic acids is 1. The number of aryl methyl sites for hydroxylation is 1. The number of rotatable bonds is 7. The van der Waals surface area contributed by atoms with Crippen molar-refractivity contribution in [2.45, 2.75) is 13.8 Å².